The van der Waals surface area contributed by atoms with Crippen LogP contribution in [0.15, 0.2) is 53.0 Å². The highest BCUT2D eigenvalue weighted by Crippen LogP contribution is 2.25. The fourth-order valence-corrected chi connectivity index (χ4v) is 2.92. The third-order valence-corrected chi connectivity index (χ3v) is 4.29. The SMILES string of the molecule is CCc1ccc(CC(CCl)c2cccc(Br)c2)cc1. The fourth-order valence-electron chi connectivity index (χ4n) is 2.22. The van der Waals surface area contributed by atoms with Gasteiger partial charge in [0.05, 0.1) is 0 Å². The molecule has 0 saturated heterocycles. The minimum Gasteiger partial charge on any atom is -0.126 e. The first-order valence-corrected chi connectivity index (χ1v) is 7.95. The molecule has 2 heteroatoms. The highest BCUT2D eigenvalue weighted by molar-refractivity contribution is 9.10. The van der Waals surface area contributed by atoms with E-state index in [9.17, 15) is 0 Å². The van der Waals surface area contributed by atoms with Crippen LogP contribution in [0.3, 0.4) is 0 Å². The summed E-state index contributed by atoms with van der Waals surface area (Å²) in [5.74, 6) is 1.01. The molecule has 0 aliphatic carbocycles. The number of hydrogen-bond donors (Lipinski definition) is 0. The molecule has 0 aliphatic heterocycles. The van der Waals surface area contributed by atoms with Crippen molar-refractivity contribution in [1.29, 1.82) is 0 Å². The second-order valence-electron chi connectivity index (χ2n) is 4.78. The molecule has 2 aromatic carbocycles. The molecular weight excluding hydrogens is 320 g/mol. The van der Waals surface area contributed by atoms with Gasteiger partial charge in [-0.2, -0.15) is 0 Å². The first-order valence-electron chi connectivity index (χ1n) is 6.62. The molecule has 0 aliphatic rings. The van der Waals surface area contributed by atoms with E-state index in [2.05, 4.69) is 65.3 Å². The minimum atomic E-state index is 0.367. The van der Waals surface area contributed by atoms with Gasteiger partial charge >= 0.3 is 0 Å². The molecule has 100 valence electrons. The zero-order chi connectivity index (χ0) is 13.7. The molecule has 0 saturated carbocycles. The summed E-state index contributed by atoms with van der Waals surface area (Å²) in [6.45, 7) is 2.18. The number of alkyl halides is 1. The smallest absolute Gasteiger partial charge is 0.0295 e. The van der Waals surface area contributed by atoms with Crippen LogP contribution < -0.4 is 0 Å². The maximum Gasteiger partial charge on any atom is 0.0295 e. The Morgan fingerprint density at radius 3 is 2.32 bits per heavy atom. The third-order valence-electron chi connectivity index (χ3n) is 3.42. The number of rotatable bonds is 5. The van der Waals surface area contributed by atoms with Crippen LogP contribution in [-0.4, -0.2) is 5.88 Å². The van der Waals surface area contributed by atoms with Gasteiger partial charge < -0.3 is 0 Å². The summed E-state index contributed by atoms with van der Waals surface area (Å²) < 4.78 is 1.11. The van der Waals surface area contributed by atoms with Gasteiger partial charge in [-0.1, -0.05) is 59.3 Å². The standard InChI is InChI=1S/C17H18BrCl/c1-2-13-6-8-14(9-7-13)10-16(12-19)15-4-3-5-17(18)11-15/h3-9,11,16H,2,10,12H2,1H3. The van der Waals surface area contributed by atoms with Crippen molar-refractivity contribution < 1.29 is 0 Å². The van der Waals surface area contributed by atoms with Crippen molar-refractivity contribution in [3.05, 3.63) is 69.7 Å². The predicted octanol–water partition coefficient (Wildman–Crippen LogP) is 5.58. The van der Waals surface area contributed by atoms with E-state index in [1.165, 1.54) is 16.7 Å². The van der Waals surface area contributed by atoms with Crippen LogP contribution >= 0.6 is 27.5 Å². The quantitative estimate of drug-likeness (QED) is 0.625. The number of benzene rings is 2. The molecule has 0 amide bonds. The largest absolute Gasteiger partial charge is 0.126 e. The molecule has 0 nitrogen and oxygen atoms in total. The Morgan fingerprint density at radius 1 is 1.05 bits per heavy atom. The highest BCUT2D eigenvalue weighted by Gasteiger charge is 2.11. The molecule has 0 spiro atoms. The normalized spacial score (nSPS) is 12.4. The van der Waals surface area contributed by atoms with Crippen molar-refractivity contribution >= 4 is 27.5 Å². The maximum atomic E-state index is 6.15. The van der Waals surface area contributed by atoms with Gasteiger partial charge in [-0.15, -0.1) is 11.6 Å². The second-order valence-corrected chi connectivity index (χ2v) is 6.00. The Kier molecular flexibility index (Phi) is 5.47. The monoisotopic (exact) mass is 336 g/mol. The van der Waals surface area contributed by atoms with E-state index in [1.807, 2.05) is 6.07 Å². The summed E-state index contributed by atoms with van der Waals surface area (Å²) in [5, 5.41) is 0. The van der Waals surface area contributed by atoms with E-state index in [1.54, 1.807) is 0 Å². The summed E-state index contributed by atoms with van der Waals surface area (Å²) >= 11 is 9.67. The highest BCUT2D eigenvalue weighted by atomic mass is 79.9. The topological polar surface area (TPSA) is 0 Å². The molecule has 2 aromatic rings. The zero-order valence-corrected chi connectivity index (χ0v) is 13.4. The lowest BCUT2D eigenvalue weighted by Gasteiger charge is -2.15. The predicted molar refractivity (Wildman–Crippen MR) is 87.1 cm³/mol. The van der Waals surface area contributed by atoms with Gasteiger partial charge in [-0.05, 0) is 41.7 Å². The van der Waals surface area contributed by atoms with Gasteiger partial charge in [0.15, 0.2) is 0 Å². The average molecular weight is 338 g/mol. The molecule has 0 heterocycles. The summed E-state index contributed by atoms with van der Waals surface area (Å²) in [6.07, 6.45) is 2.08. The molecular formula is C17H18BrCl. The van der Waals surface area contributed by atoms with Crippen molar-refractivity contribution in [2.75, 3.05) is 5.88 Å². The Balaban J connectivity index is 2.14. The molecule has 2 rings (SSSR count). The number of halogens is 2. The summed E-state index contributed by atoms with van der Waals surface area (Å²) in [7, 11) is 0. The van der Waals surface area contributed by atoms with Gasteiger partial charge in [-0.3, -0.25) is 0 Å². The Hall–Kier alpha value is -0.790. The van der Waals surface area contributed by atoms with Crippen LogP contribution in [0.2, 0.25) is 0 Å². The van der Waals surface area contributed by atoms with Crippen LogP contribution in [-0.2, 0) is 12.8 Å². The van der Waals surface area contributed by atoms with Gasteiger partial charge in [-0.25, -0.2) is 0 Å². The molecule has 1 unspecified atom stereocenters. The van der Waals surface area contributed by atoms with Crippen LogP contribution in [0.1, 0.15) is 29.5 Å². The fraction of sp³-hybridized carbons (Fsp3) is 0.294. The van der Waals surface area contributed by atoms with E-state index in [-0.39, 0.29) is 0 Å². The van der Waals surface area contributed by atoms with Crippen LogP contribution in [0, 0.1) is 0 Å². The van der Waals surface area contributed by atoms with Crippen molar-refractivity contribution in [2.45, 2.75) is 25.7 Å². The summed E-state index contributed by atoms with van der Waals surface area (Å²) in [4.78, 5) is 0. The Morgan fingerprint density at radius 2 is 1.74 bits per heavy atom. The van der Waals surface area contributed by atoms with Crippen LogP contribution in [0.5, 0.6) is 0 Å². The molecule has 0 aromatic heterocycles. The lowest BCUT2D eigenvalue weighted by molar-refractivity contribution is 0.765. The molecule has 1 atom stereocenters. The molecule has 19 heavy (non-hydrogen) atoms. The average Bonchev–Trinajstić information content (AvgIpc) is 2.45. The van der Waals surface area contributed by atoms with E-state index < -0.39 is 0 Å². The van der Waals surface area contributed by atoms with Crippen molar-refractivity contribution in [3.63, 3.8) is 0 Å². The van der Waals surface area contributed by atoms with Gasteiger partial charge in [0.1, 0.15) is 0 Å². The molecule has 0 radical (unpaired) electrons. The van der Waals surface area contributed by atoms with Gasteiger partial charge in [0.25, 0.3) is 0 Å². The maximum absolute atomic E-state index is 6.15. The lowest BCUT2D eigenvalue weighted by atomic mass is 9.93. The van der Waals surface area contributed by atoms with Crippen LogP contribution in [0.4, 0.5) is 0 Å². The summed E-state index contributed by atoms with van der Waals surface area (Å²) in [6, 6.07) is 17.3. The van der Waals surface area contributed by atoms with E-state index in [0.717, 1.165) is 17.3 Å². The number of hydrogen-bond acceptors (Lipinski definition) is 0. The first kappa shape index (κ1) is 14.6. The van der Waals surface area contributed by atoms with Crippen molar-refractivity contribution in [2.24, 2.45) is 0 Å². The Bertz CT molecular complexity index is 519. The molecule has 0 fully saturated rings. The van der Waals surface area contributed by atoms with Gasteiger partial charge in [0, 0.05) is 16.3 Å². The van der Waals surface area contributed by atoms with E-state index in [0.29, 0.717) is 11.8 Å². The van der Waals surface area contributed by atoms with E-state index in [4.69, 9.17) is 11.6 Å². The summed E-state index contributed by atoms with van der Waals surface area (Å²) in [5.41, 5.74) is 4.03. The van der Waals surface area contributed by atoms with Crippen molar-refractivity contribution in [3.8, 4) is 0 Å². The number of aryl methyl sites for hydroxylation is 1. The Labute approximate surface area is 128 Å². The molecule has 0 N–H and O–H groups in total. The molecule has 0 bridgehead atoms. The lowest BCUT2D eigenvalue weighted by Crippen LogP contribution is -2.04. The third kappa shape index (κ3) is 4.09. The van der Waals surface area contributed by atoms with Crippen LogP contribution in [0.25, 0.3) is 0 Å². The zero-order valence-electron chi connectivity index (χ0n) is 11.1. The van der Waals surface area contributed by atoms with E-state index >= 15 is 0 Å². The second kappa shape index (κ2) is 7.12. The van der Waals surface area contributed by atoms with Gasteiger partial charge in [0.2, 0.25) is 0 Å². The van der Waals surface area contributed by atoms with Crippen molar-refractivity contribution in [1.82, 2.24) is 0 Å². The minimum absolute atomic E-state index is 0.367. The first-order chi connectivity index (χ1) is 9.22.